The lowest BCUT2D eigenvalue weighted by Gasteiger charge is -2.48. The van der Waals surface area contributed by atoms with Crippen LogP contribution in [-0.2, 0) is 16.3 Å². The van der Waals surface area contributed by atoms with E-state index in [9.17, 15) is 27.4 Å². The molecule has 1 aliphatic rings. The van der Waals surface area contributed by atoms with Crippen LogP contribution in [0.4, 0.5) is 10.1 Å². The second-order valence-corrected chi connectivity index (χ2v) is 13.1. The molecule has 1 amide bonds. The molecule has 0 saturated carbocycles. The van der Waals surface area contributed by atoms with Crippen molar-refractivity contribution in [2.75, 3.05) is 23.2 Å². The Morgan fingerprint density at radius 3 is 2.46 bits per heavy atom. The molecule has 1 heterocycles. The topological polar surface area (TPSA) is 127 Å². The Balaban J connectivity index is 1.53. The van der Waals surface area contributed by atoms with Crippen molar-refractivity contribution in [3.8, 4) is 0 Å². The maximum Gasteiger partial charge on any atom is 0.251 e. The maximum atomic E-state index is 15.2. The minimum Gasteiger partial charge on any atom is -0.394 e. The molecule has 4 N–H and O–H groups in total. The average molecular weight is 569 g/mol. The molecule has 0 saturated heterocycles. The summed E-state index contributed by atoms with van der Waals surface area (Å²) in [6.07, 6.45) is 0.421. The first-order chi connectivity index (χ1) is 17.5. The summed E-state index contributed by atoms with van der Waals surface area (Å²) in [6, 6.07) is 13.3. The zero-order valence-electron chi connectivity index (χ0n) is 19.8. The highest BCUT2D eigenvalue weighted by Gasteiger charge is 2.34. The van der Waals surface area contributed by atoms with E-state index in [1.807, 2.05) is 0 Å². The van der Waals surface area contributed by atoms with E-state index in [1.54, 1.807) is 6.07 Å². The van der Waals surface area contributed by atoms with Crippen LogP contribution in [0.3, 0.4) is 0 Å². The van der Waals surface area contributed by atoms with Gasteiger partial charge < -0.3 is 10.4 Å². The normalized spacial score (nSPS) is 16.5. The zero-order chi connectivity index (χ0) is 27.0. The van der Waals surface area contributed by atoms with E-state index in [0.717, 1.165) is 6.07 Å². The Labute approximate surface area is 221 Å². The minimum absolute atomic E-state index is 0.0365. The molecular formula is C25H26ClFN2O6S2. The lowest BCUT2D eigenvalue weighted by Crippen LogP contribution is -2.35. The molecule has 198 valence electrons. The Morgan fingerprint density at radius 1 is 1.14 bits per heavy atom. The monoisotopic (exact) mass is 568 g/mol. The van der Waals surface area contributed by atoms with E-state index in [-0.39, 0.29) is 33.3 Å². The van der Waals surface area contributed by atoms with Crippen LogP contribution >= 0.6 is 22.4 Å². The van der Waals surface area contributed by atoms with Crippen molar-refractivity contribution in [3.63, 3.8) is 0 Å². The summed E-state index contributed by atoms with van der Waals surface area (Å²) in [4.78, 5) is 13.2. The van der Waals surface area contributed by atoms with E-state index in [4.69, 9.17) is 11.6 Å². The van der Waals surface area contributed by atoms with Gasteiger partial charge in [-0.05, 0) is 66.1 Å². The predicted octanol–water partition coefficient (Wildman–Crippen LogP) is 4.82. The van der Waals surface area contributed by atoms with E-state index in [2.05, 4.69) is 5.32 Å². The van der Waals surface area contributed by atoms with Gasteiger partial charge in [0, 0.05) is 17.1 Å². The third kappa shape index (κ3) is 5.47. The number of fused-ring (bicyclic) bond motifs is 1. The minimum atomic E-state index is -3.53. The van der Waals surface area contributed by atoms with Gasteiger partial charge in [-0.3, -0.25) is 18.2 Å². The molecule has 4 rings (SSSR count). The number of amides is 1. The first kappa shape index (κ1) is 27.4. The number of sulfone groups is 1. The summed E-state index contributed by atoms with van der Waals surface area (Å²) in [5.41, 5.74) is 1.05. The van der Waals surface area contributed by atoms with Gasteiger partial charge >= 0.3 is 0 Å². The number of hydrogen-bond acceptors (Lipinski definition) is 7. The summed E-state index contributed by atoms with van der Waals surface area (Å²) in [5.74, 6) is -1.54. The van der Waals surface area contributed by atoms with Gasteiger partial charge in [0.15, 0.2) is 9.84 Å². The second-order valence-electron chi connectivity index (χ2n) is 8.47. The van der Waals surface area contributed by atoms with Gasteiger partial charge in [-0.1, -0.05) is 41.4 Å². The van der Waals surface area contributed by atoms with E-state index < -0.39 is 45.0 Å². The van der Waals surface area contributed by atoms with Gasteiger partial charge in [0.1, 0.15) is 5.82 Å². The third-order valence-corrected chi connectivity index (χ3v) is 10.2. The van der Waals surface area contributed by atoms with Crippen molar-refractivity contribution in [2.24, 2.45) is 0 Å². The number of aliphatic hydroxyl groups is 1. The molecule has 0 fully saturated rings. The molecule has 3 aromatic carbocycles. The number of rotatable bonds is 7. The SMILES string of the molecule is CCS(=O)(=O)c1ccc(C(CO)NC(=O)c2ccc(N3CCc4cc(Cl)ccc4S3(O)O)c(F)c2)cc1. The zero-order valence-corrected chi connectivity index (χ0v) is 22.2. The number of carbonyl (C=O) groups is 1. The van der Waals surface area contributed by atoms with Crippen molar-refractivity contribution < 1.29 is 31.8 Å². The van der Waals surface area contributed by atoms with Crippen molar-refractivity contribution in [2.45, 2.75) is 29.2 Å². The number of hydrogen-bond donors (Lipinski definition) is 4. The molecule has 37 heavy (non-hydrogen) atoms. The Kier molecular flexibility index (Phi) is 7.84. The van der Waals surface area contributed by atoms with Gasteiger partial charge in [0.05, 0.1) is 33.9 Å². The number of nitrogens with zero attached hydrogens (tertiary/aromatic N) is 1. The standard InChI is InChI=1S/C25H26ClFN2O6S2/c1-2-36(32,33)20-7-3-16(4-8-20)22(15-30)28-25(31)18-5-9-23(21(27)14-18)29-12-11-17-13-19(26)6-10-24(17)37(29,34)35/h3-10,13-14,22,30,34-35H,2,11-12,15H2,1H3,(H,28,31). The highest BCUT2D eigenvalue weighted by molar-refractivity contribution is 8.25. The van der Waals surface area contributed by atoms with Crippen LogP contribution in [0.5, 0.6) is 0 Å². The summed E-state index contributed by atoms with van der Waals surface area (Å²) in [5, 5.41) is 12.9. The lowest BCUT2D eigenvalue weighted by atomic mass is 10.1. The molecule has 0 spiro atoms. The first-order valence-electron chi connectivity index (χ1n) is 11.4. The molecule has 1 unspecified atom stereocenters. The summed E-state index contributed by atoms with van der Waals surface area (Å²) in [7, 11) is -6.92. The van der Waals surface area contributed by atoms with Gasteiger partial charge in [0.25, 0.3) is 5.91 Å². The molecule has 1 atom stereocenters. The Bertz CT molecular complexity index is 1430. The molecule has 0 aliphatic carbocycles. The maximum absolute atomic E-state index is 15.2. The van der Waals surface area contributed by atoms with Crippen molar-refractivity contribution >= 4 is 43.8 Å². The predicted molar refractivity (Wildman–Crippen MR) is 141 cm³/mol. The van der Waals surface area contributed by atoms with Gasteiger partial charge in [0.2, 0.25) is 0 Å². The number of halogens is 2. The smallest absolute Gasteiger partial charge is 0.251 e. The molecule has 3 aromatic rings. The molecule has 1 aliphatic heterocycles. The Hall–Kier alpha value is -2.67. The number of carbonyl (C=O) groups excluding carboxylic acids is 1. The van der Waals surface area contributed by atoms with Crippen molar-refractivity contribution in [1.29, 1.82) is 0 Å². The fourth-order valence-electron chi connectivity index (χ4n) is 4.14. The van der Waals surface area contributed by atoms with Crippen LogP contribution in [0.2, 0.25) is 5.02 Å². The summed E-state index contributed by atoms with van der Waals surface area (Å²) < 4.78 is 62.2. The largest absolute Gasteiger partial charge is 0.394 e. The first-order valence-corrected chi connectivity index (χ1v) is 14.9. The number of nitrogens with one attached hydrogen (secondary N) is 1. The molecule has 0 aromatic heterocycles. The van der Waals surface area contributed by atoms with E-state index in [1.165, 1.54) is 59.8 Å². The molecule has 0 radical (unpaired) electrons. The van der Waals surface area contributed by atoms with E-state index >= 15 is 4.39 Å². The second kappa shape index (κ2) is 10.6. The molecule has 0 bridgehead atoms. The number of aliphatic hydroxyl groups excluding tert-OH is 1. The van der Waals surface area contributed by atoms with Crippen molar-refractivity contribution in [3.05, 3.63) is 88.2 Å². The third-order valence-electron chi connectivity index (χ3n) is 6.20. The van der Waals surface area contributed by atoms with Crippen LogP contribution in [-0.4, -0.2) is 47.4 Å². The number of benzene rings is 3. The highest BCUT2D eigenvalue weighted by atomic mass is 35.5. The lowest BCUT2D eigenvalue weighted by molar-refractivity contribution is 0.0915. The number of anilines is 1. The van der Waals surface area contributed by atoms with Gasteiger partial charge in [-0.15, -0.1) is 0 Å². The van der Waals surface area contributed by atoms with Crippen LogP contribution in [0.1, 0.15) is 34.5 Å². The Morgan fingerprint density at radius 2 is 1.84 bits per heavy atom. The summed E-state index contributed by atoms with van der Waals surface area (Å²) in [6.45, 7) is 1.20. The van der Waals surface area contributed by atoms with Crippen molar-refractivity contribution in [1.82, 2.24) is 5.32 Å². The van der Waals surface area contributed by atoms with Gasteiger partial charge in [-0.2, -0.15) is 0 Å². The van der Waals surface area contributed by atoms with Crippen LogP contribution in [0, 0.1) is 5.82 Å². The van der Waals surface area contributed by atoms with Crippen LogP contribution in [0.15, 0.2) is 70.5 Å². The fourth-order valence-corrected chi connectivity index (χ4v) is 6.98. The molecular weight excluding hydrogens is 543 g/mol. The molecule has 8 nitrogen and oxygen atoms in total. The van der Waals surface area contributed by atoms with Gasteiger partial charge in [-0.25, -0.2) is 12.8 Å². The highest BCUT2D eigenvalue weighted by Crippen LogP contribution is 2.57. The average Bonchev–Trinajstić information content (AvgIpc) is 2.87. The van der Waals surface area contributed by atoms with E-state index in [0.29, 0.717) is 22.6 Å². The van der Waals surface area contributed by atoms with Crippen LogP contribution < -0.4 is 9.62 Å². The summed E-state index contributed by atoms with van der Waals surface area (Å²) >= 11 is 6.01. The fraction of sp³-hybridized carbons (Fsp3) is 0.240. The quantitative estimate of drug-likeness (QED) is 0.322. The van der Waals surface area contributed by atoms with Crippen LogP contribution in [0.25, 0.3) is 0 Å². The molecule has 12 heteroatoms.